The highest BCUT2D eigenvalue weighted by molar-refractivity contribution is 5.97. The van der Waals surface area contributed by atoms with Crippen LogP contribution < -0.4 is 14.4 Å². The standard InChI is InChI=1S/C25H19F5N4O4/c1-33-8-6-20(32-33)16-4-5-21(23-17(16)3-2-7-31-23)37-12-15-11-34(22(35)13-36-15)14-9-18(26)24(19(27)10-14)38-25(28,29)30/h2-10,15H,11-13H2,1H3. The van der Waals surface area contributed by atoms with Gasteiger partial charge < -0.3 is 19.1 Å². The molecule has 2 aromatic carbocycles. The van der Waals surface area contributed by atoms with Gasteiger partial charge in [-0.1, -0.05) is 6.07 Å². The van der Waals surface area contributed by atoms with E-state index in [-0.39, 0.29) is 18.8 Å². The molecule has 1 aliphatic heterocycles. The molecule has 13 heteroatoms. The van der Waals surface area contributed by atoms with E-state index < -0.39 is 42.4 Å². The van der Waals surface area contributed by atoms with Gasteiger partial charge in [-0.25, -0.2) is 8.78 Å². The molecular formula is C25H19F5N4O4. The number of carbonyl (C=O) groups excluding carboxylic acids is 1. The summed E-state index contributed by atoms with van der Waals surface area (Å²) in [7, 11) is 1.81. The molecule has 198 valence electrons. The molecule has 1 fully saturated rings. The van der Waals surface area contributed by atoms with Crippen molar-refractivity contribution in [3.05, 3.63) is 66.5 Å². The summed E-state index contributed by atoms with van der Waals surface area (Å²) in [4.78, 5) is 17.8. The number of ether oxygens (including phenoxy) is 3. The van der Waals surface area contributed by atoms with Gasteiger partial charge in [-0.3, -0.25) is 14.5 Å². The molecule has 0 saturated carbocycles. The molecule has 2 aromatic heterocycles. The maximum Gasteiger partial charge on any atom is 0.573 e. The summed E-state index contributed by atoms with van der Waals surface area (Å²) < 4.78 is 82.3. The zero-order valence-electron chi connectivity index (χ0n) is 19.7. The van der Waals surface area contributed by atoms with Crippen LogP contribution >= 0.6 is 0 Å². The van der Waals surface area contributed by atoms with Crippen LogP contribution in [0.4, 0.5) is 27.6 Å². The highest BCUT2D eigenvalue weighted by atomic mass is 19.4. The zero-order valence-corrected chi connectivity index (χ0v) is 19.7. The molecule has 0 N–H and O–H groups in total. The highest BCUT2D eigenvalue weighted by Gasteiger charge is 2.35. The number of hydrogen-bond acceptors (Lipinski definition) is 6. The number of aromatic nitrogens is 3. The van der Waals surface area contributed by atoms with E-state index in [0.29, 0.717) is 23.4 Å². The normalized spacial score (nSPS) is 16.2. The van der Waals surface area contributed by atoms with Crippen LogP contribution in [0.5, 0.6) is 11.5 Å². The zero-order chi connectivity index (χ0) is 27.0. The molecule has 3 heterocycles. The van der Waals surface area contributed by atoms with Gasteiger partial charge >= 0.3 is 6.36 Å². The number of alkyl halides is 3. The highest BCUT2D eigenvalue weighted by Crippen LogP contribution is 2.34. The van der Waals surface area contributed by atoms with Gasteiger partial charge in [0.25, 0.3) is 5.91 Å². The molecule has 0 bridgehead atoms. The third-order valence-electron chi connectivity index (χ3n) is 5.79. The maximum atomic E-state index is 14.2. The minimum atomic E-state index is -5.28. The number of amides is 1. The van der Waals surface area contributed by atoms with E-state index in [0.717, 1.165) is 21.5 Å². The lowest BCUT2D eigenvalue weighted by Gasteiger charge is -2.33. The number of morpholine rings is 1. The predicted molar refractivity (Wildman–Crippen MR) is 125 cm³/mol. The Hall–Kier alpha value is -4.26. The average Bonchev–Trinajstić information content (AvgIpc) is 3.30. The van der Waals surface area contributed by atoms with E-state index in [1.165, 1.54) is 0 Å². The molecule has 0 spiro atoms. The summed E-state index contributed by atoms with van der Waals surface area (Å²) in [5.41, 5.74) is 1.91. The molecule has 8 nitrogen and oxygen atoms in total. The molecule has 1 aliphatic rings. The Balaban J connectivity index is 1.34. The SMILES string of the molecule is Cn1ccc(-c2ccc(OCC3CN(c4cc(F)c(OC(F)(F)F)c(F)c4)C(=O)CO3)c3ncccc23)n1. The number of fused-ring (bicyclic) bond motifs is 1. The summed E-state index contributed by atoms with van der Waals surface area (Å²) in [6.07, 6.45) is -2.55. The number of rotatable bonds is 6. The molecule has 0 radical (unpaired) electrons. The van der Waals surface area contributed by atoms with Crippen molar-refractivity contribution in [2.24, 2.45) is 7.05 Å². The third-order valence-corrected chi connectivity index (χ3v) is 5.79. The van der Waals surface area contributed by atoms with Gasteiger partial charge in [-0.15, -0.1) is 13.2 Å². The number of carbonyl (C=O) groups is 1. The molecular weight excluding hydrogens is 515 g/mol. The first kappa shape index (κ1) is 25.4. The Labute approximate surface area is 212 Å². The number of nitrogens with zero attached hydrogens (tertiary/aromatic N) is 4. The Kier molecular flexibility index (Phi) is 6.61. The van der Waals surface area contributed by atoms with E-state index >= 15 is 0 Å². The van der Waals surface area contributed by atoms with Crippen molar-refractivity contribution >= 4 is 22.5 Å². The van der Waals surface area contributed by atoms with Crippen LogP contribution in [0.1, 0.15) is 0 Å². The van der Waals surface area contributed by atoms with E-state index in [1.807, 2.05) is 31.4 Å². The van der Waals surface area contributed by atoms with Gasteiger partial charge in [0.2, 0.25) is 5.75 Å². The number of benzene rings is 2. The molecule has 1 amide bonds. The van der Waals surface area contributed by atoms with Crippen molar-refractivity contribution < 1.29 is 41.0 Å². The summed E-state index contributed by atoms with van der Waals surface area (Å²) in [5, 5.41) is 5.24. The van der Waals surface area contributed by atoms with Crippen LogP contribution in [-0.2, 0) is 16.6 Å². The van der Waals surface area contributed by atoms with Crippen molar-refractivity contribution in [3.8, 4) is 22.8 Å². The lowest BCUT2D eigenvalue weighted by molar-refractivity contribution is -0.276. The minimum absolute atomic E-state index is 0.0430. The van der Waals surface area contributed by atoms with Crippen LogP contribution in [0.3, 0.4) is 0 Å². The van der Waals surface area contributed by atoms with Crippen molar-refractivity contribution in [3.63, 3.8) is 0 Å². The number of anilines is 1. The van der Waals surface area contributed by atoms with Crippen LogP contribution in [0.2, 0.25) is 0 Å². The van der Waals surface area contributed by atoms with Crippen LogP contribution in [0, 0.1) is 11.6 Å². The Morgan fingerprint density at radius 3 is 2.58 bits per heavy atom. The molecule has 1 unspecified atom stereocenters. The van der Waals surface area contributed by atoms with Crippen LogP contribution in [0.15, 0.2) is 54.9 Å². The second-order valence-electron chi connectivity index (χ2n) is 8.42. The molecule has 1 saturated heterocycles. The van der Waals surface area contributed by atoms with Gasteiger partial charge in [0.15, 0.2) is 11.6 Å². The van der Waals surface area contributed by atoms with E-state index in [9.17, 15) is 26.7 Å². The van der Waals surface area contributed by atoms with Crippen LogP contribution in [0.25, 0.3) is 22.2 Å². The topological polar surface area (TPSA) is 78.7 Å². The Morgan fingerprint density at radius 1 is 1.13 bits per heavy atom. The van der Waals surface area contributed by atoms with Crippen molar-refractivity contribution in [2.45, 2.75) is 12.5 Å². The molecule has 1 atom stereocenters. The fourth-order valence-electron chi connectivity index (χ4n) is 4.12. The molecule has 4 aromatic rings. The van der Waals surface area contributed by atoms with Crippen molar-refractivity contribution in [1.29, 1.82) is 0 Å². The fourth-order valence-corrected chi connectivity index (χ4v) is 4.12. The first-order valence-corrected chi connectivity index (χ1v) is 11.3. The van der Waals surface area contributed by atoms with Crippen LogP contribution in [-0.4, -0.2) is 52.9 Å². The molecule has 5 rings (SSSR count). The first-order chi connectivity index (χ1) is 18.1. The summed E-state index contributed by atoms with van der Waals surface area (Å²) in [6.45, 7) is -0.622. The summed E-state index contributed by atoms with van der Waals surface area (Å²) in [6, 6.07) is 10.3. The van der Waals surface area contributed by atoms with E-state index in [2.05, 4.69) is 14.8 Å². The van der Waals surface area contributed by atoms with Gasteiger partial charge in [0, 0.05) is 48.2 Å². The number of halogens is 5. The number of hydrogen-bond donors (Lipinski definition) is 0. The largest absolute Gasteiger partial charge is 0.573 e. The van der Waals surface area contributed by atoms with Crippen molar-refractivity contribution in [2.75, 3.05) is 24.7 Å². The Morgan fingerprint density at radius 2 is 1.89 bits per heavy atom. The van der Waals surface area contributed by atoms with Gasteiger partial charge in [-0.05, 0) is 24.3 Å². The lowest BCUT2D eigenvalue weighted by Crippen LogP contribution is -2.49. The minimum Gasteiger partial charge on any atom is -0.489 e. The summed E-state index contributed by atoms with van der Waals surface area (Å²) >= 11 is 0. The fraction of sp³-hybridized carbons (Fsp3) is 0.240. The van der Waals surface area contributed by atoms with E-state index in [4.69, 9.17) is 9.47 Å². The predicted octanol–water partition coefficient (Wildman–Crippen LogP) is 4.62. The third kappa shape index (κ3) is 5.23. The first-order valence-electron chi connectivity index (χ1n) is 11.3. The summed E-state index contributed by atoms with van der Waals surface area (Å²) in [5.74, 6) is -4.99. The van der Waals surface area contributed by atoms with E-state index in [1.54, 1.807) is 23.0 Å². The monoisotopic (exact) mass is 534 g/mol. The van der Waals surface area contributed by atoms with Crippen molar-refractivity contribution in [1.82, 2.24) is 14.8 Å². The molecule has 38 heavy (non-hydrogen) atoms. The molecule has 0 aliphatic carbocycles. The maximum absolute atomic E-state index is 14.2. The second kappa shape index (κ2) is 9.89. The van der Waals surface area contributed by atoms with Gasteiger partial charge in [0.05, 0.1) is 12.2 Å². The van der Waals surface area contributed by atoms with Gasteiger partial charge in [0.1, 0.15) is 30.6 Å². The average molecular weight is 534 g/mol. The quantitative estimate of drug-likeness (QED) is 0.336. The Bertz CT molecular complexity index is 1480. The second-order valence-corrected chi connectivity index (χ2v) is 8.42. The number of aryl methyl sites for hydroxylation is 1. The smallest absolute Gasteiger partial charge is 0.489 e. The lowest BCUT2D eigenvalue weighted by atomic mass is 10.1. The van der Waals surface area contributed by atoms with Gasteiger partial charge in [-0.2, -0.15) is 5.10 Å². The number of pyridine rings is 1.